The average Bonchev–Trinajstić information content (AvgIpc) is 3.16. The van der Waals surface area contributed by atoms with Crippen molar-refractivity contribution in [1.29, 1.82) is 0 Å². The van der Waals surface area contributed by atoms with Crippen LogP contribution >= 0.6 is 0 Å². The molecule has 1 aromatic heterocycles. The lowest BCUT2D eigenvalue weighted by Crippen LogP contribution is -2.36. The van der Waals surface area contributed by atoms with Crippen molar-refractivity contribution < 1.29 is 17.6 Å². The van der Waals surface area contributed by atoms with Gasteiger partial charge in [-0.15, -0.1) is 0 Å². The van der Waals surface area contributed by atoms with Gasteiger partial charge in [-0.05, 0) is 69.9 Å². The van der Waals surface area contributed by atoms with E-state index in [1.807, 2.05) is 49.9 Å². The lowest BCUT2D eigenvalue weighted by molar-refractivity contribution is -0.133. The molecular weight excluding hydrogens is 400 g/mol. The van der Waals surface area contributed by atoms with E-state index in [2.05, 4.69) is 0 Å². The van der Waals surface area contributed by atoms with Gasteiger partial charge >= 0.3 is 0 Å². The van der Waals surface area contributed by atoms with Crippen molar-refractivity contribution in [3.63, 3.8) is 0 Å². The van der Waals surface area contributed by atoms with E-state index in [1.54, 1.807) is 16.4 Å². The molecule has 0 bridgehead atoms. The maximum Gasteiger partial charge on any atom is 0.243 e. The normalized spacial score (nSPS) is 15.5. The van der Waals surface area contributed by atoms with Crippen molar-refractivity contribution in [2.24, 2.45) is 0 Å². The number of carbonyl (C=O) groups excluding carboxylic acids is 1. The first-order valence-electron chi connectivity index (χ1n) is 10.7. The van der Waals surface area contributed by atoms with Gasteiger partial charge in [-0.2, -0.15) is 4.31 Å². The summed E-state index contributed by atoms with van der Waals surface area (Å²) in [5.74, 6) is 1.67. The molecule has 2 aromatic rings. The molecule has 1 saturated heterocycles. The number of hydrogen-bond acceptors (Lipinski definition) is 4. The van der Waals surface area contributed by atoms with E-state index in [1.165, 1.54) is 0 Å². The van der Waals surface area contributed by atoms with Crippen molar-refractivity contribution in [1.82, 2.24) is 9.21 Å². The van der Waals surface area contributed by atoms with E-state index >= 15 is 0 Å². The van der Waals surface area contributed by atoms with E-state index in [-0.39, 0.29) is 11.9 Å². The monoisotopic (exact) mass is 432 g/mol. The zero-order valence-corrected chi connectivity index (χ0v) is 19.0. The summed E-state index contributed by atoms with van der Waals surface area (Å²) in [7, 11) is -3.42. The number of sulfonamides is 1. The van der Waals surface area contributed by atoms with Gasteiger partial charge in [-0.3, -0.25) is 4.79 Å². The summed E-state index contributed by atoms with van der Waals surface area (Å²) in [6.45, 7) is 7.52. The van der Waals surface area contributed by atoms with Gasteiger partial charge in [0.1, 0.15) is 11.5 Å². The summed E-state index contributed by atoms with van der Waals surface area (Å²) < 4.78 is 32.7. The average molecular weight is 433 g/mol. The molecule has 0 radical (unpaired) electrons. The second-order valence-electron chi connectivity index (χ2n) is 8.24. The van der Waals surface area contributed by atoms with E-state index in [0.29, 0.717) is 37.4 Å². The Morgan fingerprint density at radius 1 is 1.07 bits per heavy atom. The molecule has 2 heterocycles. The van der Waals surface area contributed by atoms with Crippen LogP contribution in [0.15, 0.2) is 45.7 Å². The fourth-order valence-electron chi connectivity index (χ4n) is 3.77. The lowest BCUT2D eigenvalue weighted by atomic mass is 10.1. The molecule has 1 fully saturated rings. The second kappa shape index (κ2) is 9.79. The Bertz CT molecular complexity index is 942. The first-order chi connectivity index (χ1) is 14.3. The Kier molecular flexibility index (Phi) is 7.36. The number of piperidine rings is 1. The van der Waals surface area contributed by atoms with Gasteiger partial charge in [0, 0.05) is 25.6 Å². The van der Waals surface area contributed by atoms with E-state index in [4.69, 9.17) is 4.42 Å². The maximum absolute atomic E-state index is 12.8. The van der Waals surface area contributed by atoms with Gasteiger partial charge < -0.3 is 9.32 Å². The Morgan fingerprint density at radius 2 is 1.73 bits per heavy atom. The number of furan rings is 1. The molecule has 1 aliphatic rings. The molecule has 0 unspecified atom stereocenters. The molecule has 0 N–H and O–H groups in total. The highest BCUT2D eigenvalue weighted by Crippen LogP contribution is 2.21. The molecule has 1 amide bonds. The summed E-state index contributed by atoms with van der Waals surface area (Å²) in [5, 5.41) is 0. The van der Waals surface area contributed by atoms with Crippen molar-refractivity contribution in [3.05, 3.63) is 53.5 Å². The first kappa shape index (κ1) is 22.6. The third-order valence-electron chi connectivity index (χ3n) is 5.57. The zero-order chi connectivity index (χ0) is 21.7. The van der Waals surface area contributed by atoms with Gasteiger partial charge in [-0.1, -0.05) is 18.6 Å². The van der Waals surface area contributed by atoms with Crippen molar-refractivity contribution in [3.8, 4) is 0 Å². The molecule has 1 aliphatic heterocycles. The number of hydrogen-bond donors (Lipinski definition) is 0. The SMILES string of the molecule is Cc1ccc(CN(C(=O)CCc2ccc(S(=O)(=O)N3CCCCC3)cc2)C(C)C)o1. The Hall–Kier alpha value is -2.12. The summed E-state index contributed by atoms with van der Waals surface area (Å²) in [4.78, 5) is 14.9. The fraction of sp³-hybridized carbons (Fsp3) is 0.522. The highest BCUT2D eigenvalue weighted by Gasteiger charge is 2.25. The fourth-order valence-corrected chi connectivity index (χ4v) is 5.29. The number of benzene rings is 1. The summed E-state index contributed by atoms with van der Waals surface area (Å²) in [6.07, 6.45) is 3.87. The molecule has 3 rings (SSSR count). The number of carbonyl (C=O) groups is 1. The third kappa shape index (κ3) is 5.52. The minimum Gasteiger partial charge on any atom is -0.464 e. The van der Waals surface area contributed by atoms with Crippen LogP contribution in [-0.2, 0) is 27.8 Å². The van der Waals surface area contributed by atoms with Crippen LogP contribution in [0.25, 0.3) is 0 Å². The van der Waals surface area contributed by atoms with Gasteiger partial charge in [0.2, 0.25) is 15.9 Å². The van der Waals surface area contributed by atoms with Gasteiger partial charge in [0.05, 0.1) is 11.4 Å². The lowest BCUT2D eigenvalue weighted by Gasteiger charge is -2.26. The number of rotatable bonds is 8. The second-order valence-corrected chi connectivity index (χ2v) is 10.2. The van der Waals surface area contributed by atoms with Crippen LogP contribution < -0.4 is 0 Å². The number of amides is 1. The predicted molar refractivity (Wildman–Crippen MR) is 117 cm³/mol. The zero-order valence-electron chi connectivity index (χ0n) is 18.1. The van der Waals surface area contributed by atoms with Crippen molar-refractivity contribution in [2.45, 2.75) is 70.4 Å². The van der Waals surface area contributed by atoms with Crippen LogP contribution in [0, 0.1) is 6.92 Å². The van der Waals surface area contributed by atoms with Crippen LogP contribution in [0.3, 0.4) is 0 Å². The van der Waals surface area contributed by atoms with Crippen molar-refractivity contribution >= 4 is 15.9 Å². The van der Waals surface area contributed by atoms with Crippen LogP contribution in [-0.4, -0.2) is 42.7 Å². The molecule has 0 aliphatic carbocycles. The Balaban J connectivity index is 1.60. The summed E-state index contributed by atoms with van der Waals surface area (Å²) >= 11 is 0. The Morgan fingerprint density at radius 3 is 2.30 bits per heavy atom. The quantitative estimate of drug-likeness (QED) is 0.629. The van der Waals surface area contributed by atoms with Crippen LogP contribution in [0.1, 0.15) is 56.6 Å². The topological polar surface area (TPSA) is 70.8 Å². The molecular formula is C23H32N2O4S. The summed E-state index contributed by atoms with van der Waals surface area (Å²) in [5.41, 5.74) is 0.957. The molecule has 1 aromatic carbocycles. The molecule has 30 heavy (non-hydrogen) atoms. The van der Waals surface area contributed by atoms with Crippen molar-refractivity contribution in [2.75, 3.05) is 13.1 Å². The standard InChI is InChI=1S/C23H32N2O4S/c1-18(2)25(17-21-11-7-19(3)29-21)23(26)14-10-20-8-12-22(13-9-20)30(27,28)24-15-5-4-6-16-24/h7-9,11-13,18H,4-6,10,14-17H2,1-3H3. The minimum absolute atomic E-state index is 0.0593. The van der Waals surface area contributed by atoms with E-state index in [0.717, 1.165) is 36.3 Å². The van der Waals surface area contributed by atoms with E-state index in [9.17, 15) is 13.2 Å². The number of nitrogens with zero attached hydrogens (tertiary/aromatic N) is 2. The van der Waals surface area contributed by atoms with Crippen LogP contribution in [0.5, 0.6) is 0 Å². The molecule has 7 heteroatoms. The molecule has 6 nitrogen and oxygen atoms in total. The van der Waals surface area contributed by atoms with Crippen LogP contribution in [0.2, 0.25) is 0 Å². The smallest absolute Gasteiger partial charge is 0.243 e. The van der Waals surface area contributed by atoms with Crippen LogP contribution in [0.4, 0.5) is 0 Å². The van der Waals surface area contributed by atoms with Gasteiger partial charge in [-0.25, -0.2) is 8.42 Å². The highest BCUT2D eigenvalue weighted by molar-refractivity contribution is 7.89. The summed E-state index contributed by atoms with van der Waals surface area (Å²) in [6, 6.07) is 10.8. The Labute approximate surface area is 179 Å². The molecule has 0 saturated carbocycles. The molecule has 164 valence electrons. The third-order valence-corrected chi connectivity index (χ3v) is 7.48. The predicted octanol–water partition coefficient (Wildman–Crippen LogP) is 4.13. The number of aryl methyl sites for hydroxylation is 2. The van der Waals surface area contributed by atoms with E-state index < -0.39 is 10.0 Å². The largest absolute Gasteiger partial charge is 0.464 e. The molecule has 0 atom stereocenters. The molecule has 0 spiro atoms. The maximum atomic E-state index is 12.8. The highest BCUT2D eigenvalue weighted by atomic mass is 32.2. The minimum atomic E-state index is -3.42. The van der Waals surface area contributed by atoms with Gasteiger partial charge in [0.25, 0.3) is 0 Å². The first-order valence-corrected chi connectivity index (χ1v) is 12.2. The van der Waals surface area contributed by atoms with Gasteiger partial charge in [0.15, 0.2) is 0 Å².